The molecule has 1 aromatic carbocycles. The van der Waals surface area contributed by atoms with Gasteiger partial charge in [0.05, 0.1) is 39.0 Å². The van der Waals surface area contributed by atoms with Crippen LogP contribution in [0.15, 0.2) is 36.4 Å². The van der Waals surface area contributed by atoms with Crippen molar-refractivity contribution in [1.29, 1.82) is 5.26 Å². The topological polar surface area (TPSA) is 156 Å². The third-order valence-corrected chi connectivity index (χ3v) is 6.31. The smallest absolute Gasteiger partial charge is 0.472 e. The summed E-state index contributed by atoms with van der Waals surface area (Å²) in [5.74, 6) is -0.393. The Bertz CT molecular complexity index is 1210. The maximum absolute atomic E-state index is 13.4. The van der Waals surface area contributed by atoms with Gasteiger partial charge in [0.2, 0.25) is 11.8 Å². The Kier molecular flexibility index (Phi) is 10.2. The maximum Gasteiger partial charge on any atom is 0.527 e. The fourth-order valence-electron chi connectivity index (χ4n) is 4.26. The summed E-state index contributed by atoms with van der Waals surface area (Å²) in [5, 5.41) is 13.3. The molecule has 2 fully saturated rings. The molecule has 2 saturated heterocycles. The fourth-order valence-corrected chi connectivity index (χ4v) is 4.26. The van der Waals surface area contributed by atoms with Gasteiger partial charge in [-0.05, 0) is 13.3 Å². The van der Waals surface area contributed by atoms with Gasteiger partial charge in [-0.15, -0.1) is 5.06 Å². The van der Waals surface area contributed by atoms with Gasteiger partial charge in [0.15, 0.2) is 5.82 Å². The summed E-state index contributed by atoms with van der Waals surface area (Å²) < 4.78 is 16.1. The van der Waals surface area contributed by atoms with E-state index in [1.54, 1.807) is 11.8 Å². The minimum Gasteiger partial charge on any atom is -0.472 e. The number of hydrogen-bond acceptors (Lipinski definition) is 11. The molecule has 0 spiro atoms. The standard InChI is InChI=1S/C27H32N6O7/c1-2-38-27(36)40-33-14-12-32(13-15-33)26(35)21(9-6-11-28)30-25(34)22-17-23(39-20-10-16-37-18-20)31-24(29-22)19-7-4-3-5-8-19/h3-5,7-8,17,20-21H,2,6,9-10,12-16,18H2,1H3,(H,30,34)/t20-,21?/m0/s1. The third-order valence-electron chi connectivity index (χ3n) is 6.31. The van der Waals surface area contributed by atoms with Gasteiger partial charge in [0.1, 0.15) is 17.8 Å². The molecule has 1 unspecified atom stereocenters. The Hall–Kier alpha value is -4.28. The van der Waals surface area contributed by atoms with E-state index in [-0.39, 0.29) is 69.2 Å². The Morgan fingerprint density at radius 2 is 1.95 bits per heavy atom. The number of nitrogens with one attached hydrogen (secondary N) is 1. The Balaban J connectivity index is 1.47. The molecule has 1 N–H and O–H groups in total. The first kappa shape index (κ1) is 28.7. The molecule has 1 aromatic heterocycles. The van der Waals surface area contributed by atoms with E-state index in [9.17, 15) is 14.4 Å². The third kappa shape index (κ3) is 7.87. The van der Waals surface area contributed by atoms with E-state index in [0.717, 1.165) is 0 Å². The largest absolute Gasteiger partial charge is 0.527 e. The van der Waals surface area contributed by atoms with Crippen molar-refractivity contribution in [1.82, 2.24) is 25.2 Å². The predicted molar refractivity (Wildman–Crippen MR) is 140 cm³/mol. The first-order valence-corrected chi connectivity index (χ1v) is 13.2. The van der Waals surface area contributed by atoms with Crippen LogP contribution in [0.2, 0.25) is 0 Å². The number of benzene rings is 1. The van der Waals surface area contributed by atoms with Crippen molar-refractivity contribution in [3.63, 3.8) is 0 Å². The second-order valence-electron chi connectivity index (χ2n) is 9.14. The van der Waals surface area contributed by atoms with Crippen molar-refractivity contribution in [2.24, 2.45) is 0 Å². The first-order chi connectivity index (χ1) is 19.5. The summed E-state index contributed by atoms with van der Waals surface area (Å²) in [7, 11) is 0. The quantitative estimate of drug-likeness (QED) is 0.430. The lowest BCUT2D eigenvalue weighted by Crippen LogP contribution is -2.55. The normalized spacial score (nSPS) is 17.9. The van der Waals surface area contributed by atoms with E-state index in [4.69, 9.17) is 24.3 Å². The molecule has 13 heteroatoms. The van der Waals surface area contributed by atoms with Crippen LogP contribution < -0.4 is 10.1 Å². The van der Waals surface area contributed by atoms with Crippen LogP contribution in [-0.4, -0.2) is 96.0 Å². The summed E-state index contributed by atoms with van der Waals surface area (Å²) >= 11 is 0. The van der Waals surface area contributed by atoms with Crippen LogP contribution in [0, 0.1) is 11.3 Å². The zero-order valence-corrected chi connectivity index (χ0v) is 22.3. The van der Waals surface area contributed by atoms with E-state index in [1.807, 2.05) is 36.4 Å². The molecule has 2 aromatic rings. The summed E-state index contributed by atoms with van der Waals surface area (Å²) in [4.78, 5) is 53.9. The summed E-state index contributed by atoms with van der Waals surface area (Å²) in [6.07, 6.45) is -0.0944. The minimum absolute atomic E-state index is 0.0326. The van der Waals surface area contributed by atoms with Crippen molar-refractivity contribution in [3.8, 4) is 23.3 Å². The lowest BCUT2D eigenvalue weighted by atomic mass is 10.1. The number of piperazine rings is 1. The molecule has 0 bridgehead atoms. The Labute approximate surface area is 231 Å². The van der Waals surface area contributed by atoms with Gasteiger partial charge in [-0.2, -0.15) is 10.2 Å². The van der Waals surface area contributed by atoms with Crippen molar-refractivity contribution < 1.29 is 33.4 Å². The van der Waals surface area contributed by atoms with Gasteiger partial charge >= 0.3 is 6.16 Å². The molecule has 13 nitrogen and oxygen atoms in total. The number of rotatable bonds is 10. The molecule has 2 aliphatic rings. The van der Waals surface area contributed by atoms with E-state index in [2.05, 4.69) is 15.3 Å². The van der Waals surface area contributed by atoms with Crippen molar-refractivity contribution in [2.75, 3.05) is 46.0 Å². The van der Waals surface area contributed by atoms with E-state index >= 15 is 0 Å². The number of aromatic nitrogens is 2. The highest BCUT2D eigenvalue weighted by atomic mass is 16.8. The highest BCUT2D eigenvalue weighted by molar-refractivity contribution is 5.96. The molecule has 3 heterocycles. The molecule has 0 radical (unpaired) electrons. The van der Waals surface area contributed by atoms with Crippen LogP contribution >= 0.6 is 0 Å². The Morgan fingerprint density at radius 3 is 2.62 bits per heavy atom. The fraction of sp³-hybridized carbons (Fsp3) is 0.481. The number of hydroxylamine groups is 2. The molecule has 40 heavy (non-hydrogen) atoms. The van der Waals surface area contributed by atoms with Crippen molar-refractivity contribution >= 4 is 18.0 Å². The second kappa shape index (κ2) is 14.2. The zero-order valence-electron chi connectivity index (χ0n) is 22.3. The molecule has 2 atom stereocenters. The molecule has 2 amide bonds. The van der Waals surface area contributed by atoms with Gasteiger partial charge < -0.3 is 29.3 Å². The predicted octanol–water partition coefficient (Wildman–Crippen LogP) is 1.95. The van der Waals surface area contributed by atoms with E-state index in [1.165, 1.54) is 11.1 Å². The van der Waals surface area contributed by atoms with Crippen LogP contribution in [-0.2, 0) is 19.1 Å². The van der Waals surface area contributed by atoms with Gasteiger partial charge in [-0.25, -0.2) is 9.78 Å². The number of hydrogen-bond donors (Lipinski definition) is 1. The van der Waals surface area contributed by atoms with Gasteiger partial charge in [-0.1, -0.05) is 30.3 Å². The number of carbonyl (C=O) groups is 3. The first-order valence-electron chi connectivity index (χ1n) is 13.2. The number of ether oxygens (including phenoxy) is 3. The Morgan fingerprint density at radius 1 is 1.18 bits per heavy atom. The zero-order chi connectivity index (χ0) is 28.3. The summed E-state index contributed by atoms with van der Waals surface area (Å²) in [6.45, 7) is 3.97. The number of carbonyl (C=O) groups excluding carboxylic acids is 3. The molecular formula is C27H32N6O7. The maximum atomic E-state index is 13.4. The van der Waals surface area contributed by atoms with E-state index < -0.39 is 18.1 Å². The summed E-state index contributed by atoms with van der Waals surface area (Å²) in [6, 6.07) is 11.7. The number of nitriles is 1. The van der Waals surface area contributed by atoms with Crippen LogP contribution in [0.5, 0.6) is 5.88 Å². The van der Waals surface area contributed by atoms with E-state index in [0.29, 0.717) is 31.0 Å². The summed E-state index contributed by atoms with van der Waals surface area (Å²) in [5.41, 5.74) is 0.731. The number of nitrogens with zero attached hydrogens (tertiary/aromatic N) is 5. The lowest BCUT2D eigenvalue weighted by molar-refractivity contribution is -0.157. The van der Waals surface area contributed by atoms with Crippen molar-refractivity contribution in [3.05, 3.63) is 42.1 Å². The molecule has 4 rings (SSSR count). The average Bonchev–Trinajstić information content (AvgIpc) is 3.48. The molecule has 212 valence electrons. The molecule has 0 saturated carbocycles. The monoisotopic (exact) mass is 552 g/mol. The average molecular weight is 553 g/mol. The lowest BCUT2D eigenvalue weighted by Gasteiger charge is -2.35. The number of amides is 2. The molecular weight excluding hydrogens is 520 g/mol. The van der Waals surface area contributed by atoms with Crippen LogP contribution in [0.3, 0.4) is 0 Å². The molecule has 2 aliphatic heterocycles. The minimum atomic E-state index is -0.951. The SMILES string of the molecule is CCOC(=O)ON1CCN(C(=O)C(CCC#N)NC(=O)c2cc(O[C@H]3CCOC3)nc(-c3ccccc3)n2)CC1. The van der Waals surface area contributed by atoms with Gasteiger partial charge in [0, 0.05) is 37.6 Å². The molecule has 0 aliphatic carbocycles. The van der Waals surface area contributed by atoms with Crippen LogP contribution in [0.25, 0.3) is 11.4 Å². The van der Waals surface area contributed by atoms with Gasteiger partial charge in [0.25, 0.3) is 5.91 Å². The highest BCUT2D eigenvalue weighted by Crippen LogP contribution is 2.22. The highest BCUT2D eigenvalue weighted by Gasteiger charge is 2.31. The second-order valence-corrected chi connectivity index (χ2v) is 9.14. The van der Waals surface area contributed by atoms with Crippen LogP contribution in [0.1, 0.15) is 36.7 Å². The van der Waals surface area contributed by atoms with Crippen LogP contribution in [0.4, 0.5) is 4.79 Å². The van der Waals surface area contributed by atoms with Gasteiger partial charge in [-0.3, -0.25) is 9.59 Å². The van der Waals surface area contributed by atoms with Crippen molar-refractivity contribution in [2.45, 2.75) is 38.3 Å².